The molecule has 20 heavy (non-hydrogen) atoms. The van der Waals surface area contributed by atoms with Crippen molar-refractivity contribution in [2.45, 2.75) is 33.6 Å². The standard InChI is InChI=1S/C16H19N3O/c1-10(2)15-17-9-14(12(4)18-15)16(20)19-13-7-5-11(3)6-8-13/h5-10H,1-4H3,(H,19,20). The van der Waals surface area contributed by atoms with Gasteiger partial charge in [-0.25, -0.2) is 9.97 Å². The normalized spacial score (nSPS) is 10.7. The minimum absolute atomic E-state index is 0.179. The Labute approximate surface area is 119 Å². The van der Waals surface area contributed by atoms with Gasteiger partial charge in [0.25, 0.3) is 5.91 Å². The van der Waals surface area contributed by atoms with Gasteiger partial charge in [-0.15, -0.1) is 0 Å². The molecule has 0 saturated carbocycles. The van der Waals surface area contributed by atoms with E-state index in [1.54, 1.807) is 6.20 Å². The van der Waals surface area contributed by atoms with Crippen LogP contribution in [0.5, 0.6) is 0 Å². The van der Waals surface area contributed by atoms with Crippen LogP contribution in [0.3, 0.4) is 0 Å². The van der Waals surface area contributed by atoms with Crippen molar-refractivity contribution in [1.82, 2.24) is 9.97 Å². The van der Waals surface area contributed by atoms with Crippen LogP contribution in [0.4, 0.5) is 5.69 Å². The number of nitrogens with one attached hydrogen (secondary N) is 1. The quantitative estimate of drug-likeness (QED) is 0.928. The molecule has 0 unspecified atom stereocenters. The fraction of sp³-hybridized carbons (Fsp3) is 0.312. The highest BCUT2D eigenvalue weighted by Gasteiger charge is 2.13. The van der Waals surface area contributed by atoms with Crippen molar-refractivity contribution in [1.29, 1.82) is 0 Å². The molecule has 0 aliphatic carbocycles. The van der Waals surface area contributed by atoms with Gasteiger partial charge in [0.15, 0.2) is 0 Å². The third-order valence-corrected chi connectivity index (χ3v) is 3.07. The van der Waals surface area contributed by atoms with Gasteiger partial charge in [0.1, 0.15) is 5.82 Å². The summed E-state index contributed by atoms with van der Waals surface area (Å²) in [5.74, 6) is 0.832. The molecule has 1 amide bonds. The molecule has 1 heterocycles. The molecule has 0 fully saturated rings. The highest BCUT2D eigenvalue weighted by atomic mass is 16.1. The molecular formula is C16H19N3O. The number of hydrogen-bond donors (Lipinski definition) is 1. The summed E-state index contributed by atoms with van der Waals surface area (Å²) >= 11 is 0. The number of hydrogen-bond acceptors (Lipinski definition) is 3. The number of rotatable bonds is 3. The fourth-order valence-corrected chi connectivity index (χ4v) is 1.82. The van der Waals surface area contributed by atoms with Crippen LogP contribution in [0.2, 0.25) is 0 Å². The minimum atomic E-state index is -0.179. The van der Waals surface area contributed by atoms with Crippen LogP contribution in [0.15, 0.2) is 30.5 Å². The molecule has 1 aromatic carbocycles. The summed E-state index contributed by atoms with van der Waals surface area (Å²) in [4.78, 5) is 20.8. The zero-order valence-corrected chi connectivity index (χ0v) is 12.3. The van der Waals surface area contributed by atoms with Gasteiger partial charge in [0.05, 0.1) is 11.3 Å². The molecule has 1 N–H and O–H groups in total. The van der Waals surface area contributed by atoms with Crippen LogP contribution in [-0.2, 0) is 0 Å². The molecule has 0 atom stereocenters. The van der Waals surface area contributed by atoms with E-state index in [-0.39, 0.29) is 11.8 Å². The van der Waals surface area contributed by atoms with Gasteiger partial charge in [0, 0.05) is 17.8 Å². The van der Waals surface area contributed by atoms with Gasteiger partial charge in [0.2, 0.25) is 0 Å². The number of aromatic nitrogens is 2. The van der Waals surface area contributed by atoms with Gasteiger partial charge in [-0.05, 0) is 26.0 Å². The zero-order chi connectivity index (χ0) is 14.7. The number of carbonyl (C=O) groups is 1. The van der Waals surface area contributed by atoms with E-state index in [9.17, 15) is 4.79 Å². The molecule has 2 rings (SSSR count). The van der Waals surface area contributed by atoms with Crippen molar-refractivity contribution < 1.29 is 4.79 Å². The first-order valence-corrected chi connectivity index (χ1v) is 6.69. The fourth-order valence-electron chi connectivity index (χ4n) is 1.82. The van der Waals surface area contributed by atoms with E-state index in [4.69, 9.17) is 0 Å². The third-order valence-electron chi connectivity index (χ3n) is 3.07. The number of nitrogens with zero attached hydrogens (tertiary/aromatic N) is 2. The van der Waals surface area contributed by atoms with E-state index in [2.05, 4.69) is 15.3 Å². The van der Waals surface area contributed by atoms with E-state index in [1.165, 1.54) is 0 Å². The second kappa shape index (κ2) is 5.82. The second-order valence-corrected chi connectivity index (χ2v) is 5.20. The van der Waals surface area contributed by atoms with E-state index in [1.807, 2.05) is 52.0 Å². The number of anilines is 1. The second-order valence-electron chi connectivity index (χ2n) is 5.20. The summed E-state index contributed by atoms with van der Waals surface area (Å²) in [5.41, 5.74) is 3.14. The van der Waals surface area contributed by atoms with Gasteiger partial charge in [-0.2, -0.15) is 0 Å². The number of amides is 1. The number of benzene rings is 1. The Morgan fingerprint density at radius 1 is 1.15 bits per heavy atom. The molecule has 0 saturated heterocycles. The van der Waals surface area contributed by atoms with Gasteiger partial charge in [-0.3, -0.25) is 4.79 Å². The molecule has 0 aliphatic heterocycles. The molecule has 1 aromatic heterocycles. The van der Waals surface area contributed by atoms with Crippen LogP contribution in [0.1, 0.15) is 47.2 Å². The molecule has 0 bridgehead atoms. The van der Waals surface area contributed by atoms with Crippen LogP contribution in [-0.4, -0.2) is 15.9 Å². The lowest BCUT2D eigenvalue weighted by molar-refractivity contribution is 0.102. The maximum atomic E-state index is 12.2. The molecular weight excluding hydrogens is 250 g/mol. The average Bonchev–Trinajstić information content (AvgIpc) is 2.41. The first kappa shape index (κ1) is 14.2. The molecule has 4 nitrogen and oxygen atoms in total. The summed E-state index contributed by atoms with van der Waals surface area (Å²) in [6, 6.07) is 7.68. The van der Waals surface area contributed by atoms with Crippen molar-refractivity contribution in [3.63, 3.8) is 0 Å². The minimum Gasteiger partial charge on any atom is -0.322 e. The van der Waals surface area contributed by atoms with Crippen LogP contribution < -0.4 is 5.32 Å². The topological polar surface area (TPSA) is 54.9 Å². The monoisotopic (exact) mass is 269 g/mol. The van der Waals surface area contributed by atoms with Crippen LogP contribution >= 0.6 is 0 Å². The van der Waals surface area contributed by atoms with Gasteiger partial charge < -0.3 is 5.32 Å². The van der Waals surface area contributed by atoms with Gasteiger partial charge in [-0.1, -0.05) is 31.5 Å². The zero-order valence-electron chi connectivity index (χ0n) is 12.3. The van der Waals surface area contributed by atoms with E-state index >= 15 is 0 Å². The largest absolute Gasteiger partial charge is 0.322 e. The van der Waals surface area contributed by atoms with Crippen molar-refractivity contribution in [2.24, 2.45) is 0 Å². The molecule has 0 aliphatic rings. The van der Waals surface area contributed by atoms with Crippen molar-refractivity contribution in [2.75, 3.05) is 5.32 Å². The predicted molar refractivity (Wildman–Crippen MR) is 80.0 cm³/mol. The Bertz CT molecular complexity index is 618. The van der Waals surface area contributed by atoms with E-state index in [0.717, 1.165) is 17.1 Å². The maximum Gasteiger partial charge on any atom is 0.259 e. The molecule has 0 spiro atoms. The summed E-state index contributed by atoms with van der Waals surface area (Å²) in [6.45, 7) is 7.90. The van der Waals surface area contributed by atoms with Crippen molar-refractivity contribution in [3.05, 3.63) is 53.1 Å². The third kappa shape index (κ3) is 3.20. The Kier molecular flexibility index (Phi) is 4.13. The lowest BCUT2D eigenvalue weighted by Gasteiger charge is -2.09. The van der Waals surface area contributed by atoms with Crippen molar-refractivity contribution in [3.8, 4) is 0 Å². The number of carbonyl (C=O) groups excluding carboxylic acids is 1. The molecule has 104 valence electrons. The van der Waals surface area contributed by atoms with E-state index in [0.29, 0.717) is 11.3 Å². The van der Waals surface area contributed by atoms with Crippen molar-refractivity contribution >= 4 is 11.6 Å². The Morgan fingerprint density at radius 2 is 1.80 bits per heavy atom. The first-order valence-electron chi connectivity index (χ1n) is 6.69. The average molecular weight is 269 g/mol. The van der Waals surface area contributed by atoms with Gasteiger partial charge >= 0.3 is 0 Å². The summed E-state index contributed by atoms with van der Waals surface area (Å²) in [5, 5.41) is 2.86. The van der Waals surface area contributed by atoms with Crippen LogP contribution in [0.25, 0.3) is 0 Å². The highest BCUT2D eigenvalue weighted by Crippen LogP contribution is 2.14. The Hall–Kier alpha value is -2.23. The summed E-state index contributed by atoms with van der Waals surface area (Å²) in [7, 11) is 0. The molecule has 0 radical (unpaired) electrons. The lowest BCUT2D eigenvalue weighted by Crippen LogP contribution is -2.15. The summed E-state index contributed by atoms with van der Waals surface area (Å²) in [6.07, 6.45) is 1.60. The first-order chi connectivity index (χ1) is 9.47. The maximum absolute atomic E-state index is 12.2. The van der Waals surface area contributed by atoms with E-state index < -0.39 is 0 Å². The Morgan fingerprint density at radius 3 is 2.35 bits per heavy atom. The SMILES string of the molecule is Cc1ccc(NC(=O)c2cnc(C(C)C)nc2C)cc1. The molecule has 4 heteroatoms. The summed E-state index contributed by atoms with van der Waals surface area (Å²) < 4.78 is 0. The lowest BCUT2D eigenvalue weighted by atomic mass is 10.1. The highest BCUT2D eigenvalue weighted by molar-refractivity contribution is 6.04. The molecule has 2 aromatic rings. The Balaban J connectivity index is 2.19. The number of aryl methyl sites for hydroxylation is 2. The predicted octanol–water partition coefficient (Wildman–Crippen LogP) is 3.47. The smallest absolute Gasteiger partial charge is 0.259 e. The van der Waals surface area contributed by atoms with Crippen LogP contribution in [0, 0.1) is 13.8 Å².